The van der Waals surface area contributed by atoms with Crippen molar-refractivity contribution in [1.82, 2.24) is 0 Å². The minimum Gasteiger partial charge on any atom is -0.652 e. The Morgan fingerprint density at radius 1 is 1.40 bits per heavy atom. The number of hydrogen-bond acceptors (Lipinski definition) is 4. The molecule has 0 saturated heterocycles. The van der Waals surface area contributed by atoms with Crippen molar-refractivity contribution in [2.75, 3.05) is 0 Å². The molecular weight excluding hydrogens is 168 g/mol. The largest absolute Gasteiger partial charge is 2.00 e. The molecule has 6 heteroatoms. The second-order valence-corrected chi connectivity index (χ2v) is 0.997. The van der Waals surface area contributed by atoms with Crippen LogP contribution in [0.15, 0.2) is 0 Å². The molecule has 0 aromatic rings. The molecule has 0 heterocycles. The van der Waals surface area contributed by atoms with Crippen LogP contribution in [0.3, 0.4) is 0 Å². The molecule has 0 aliphatic rings. The van der Waals surface area contributed by atoms with Crippen molar-refractivity contribution in [3.63, 3.8) is 0 Å². The molecule has 10 heavy (non-hydrogen) atoms. The molecule has 0 spiro atoms. The van der Waals surface area contributed by atoms with Gasteiger partial charge in [-0.3, -0.25) is 4.79 Å². The molecule has 0 radical (unpaired) electrons. The zero-order valence-corrected chi connectivity index (χ0v) is 7.70. The molecule has 0 aromatic heterocycles. The van der Waals surface area contributed by atoms with Gasteiger partial charge in [-0.2, -0.15) is 0 Å². The third kappa shape index (κ3) is 98.0. The van der Waals surface area contributed by atoms with E-state index >= 15 is 0 Å². The van der Waals surface area contributed by atoms with E-state index in [0.717, 1.165) is 0 Å². The monoisotopic (exact) mass is 174 g/mol. The van der Waals surface area contributed by atoms with Gasteiger partial charge in [0.2, 0.25) is 0 Å². The average Bonchev–Trinajstić information content (AvgIpc) is 1.65. The molecule has 0 fully saturated rings. The standard InChI is InChI=1S/C3H6O2.CH2O3.Ca/c1-2-3(4)5;2-1(3)4;/h2H2,1H3,(H,4,5);(H2,2,3,4);/q;;+2/p-2. The van der Waals surface area contributed by atoms with E-state index in [9.17, 15) is 4.79 Å². The van der Waals surface area contributed by atoms with Crippen LogP contribution in [-0.4, -0.2) is 55.0 Å². The summed E-state index contributed by atoms with van der Waals surface area (Å²) in [5, 5.41) is 24.4. The van der Waals surface area contributed by atoms with Gasteiger partial charge in [0.1, 0.15) is 0 Å². The Morgan fingerprint density at radius 2 is 1.50 bits per heavy atom. The van der Waals surface area contributed by atoms with Crippen molar-refractivity contribution >= 4 is 49.9 Å². The molecule has 0 bridgehead atoms. The van der Waals surface area contributed by atoms with Gasteiger partial charge in [0, 0.05) is 6.42 Å². The van der Waals surface area contributed by atoms with Gasteiger partial charge >= 0.3 is 43.7 Å². The van der Waals surface area contributed by atoms with E-state index in [2.05, 4.69) is 0 Å². The molecule has 0 aliphatic heterocycles. The Balaban J connectivity index is -0.0000000910. The van der Waals surface area contributed by atoms with Crippen LogP contribution in [0.2, 0.25) is 0 Å². The first kappa shape index (κ1) is 16.5. The van der Waals surface area contributed by atoms with E-state index in [1.54, 1.807) is 6.92 Å². The number of carbonyl (C=O) groups is 2. The van der Waals surface area contributed by atoms with E-state index in [4.69, 9.17) is 20.1 Å². The maximum absolute atomic E-state index is 9.37. The molecule has 54 valence electrons. The molecule has 0 saturated carbocycles. The van der Waals surface area contributed by atoms with Crippen LogP contribution in [0, 0.1) is 0 Å². The predicted octanol–water partition coefficient (Wildman–Crippen LogP) is -2.35. The van der Waals surface area contributed by atoms with Crippen LogP contribution in [0.4, 0.5) is 4.79 Å². The van der Waals surface area contributed by atoms with Crippen LogP contribution in [0.1, 0.15) is 13.3 Å². The summed E-state index contributed by atoms with van der Waals surface area (Å²) in [5.74, 6) is -0.745. The van der Waals surface area contributed by atoms with Gasteiger partial charge in [0.05, 0.1) is 0 Å². The minimum absolute atomic E-state index is 0. The molecule has 0 unspecified atom stereocenters. The van der Waals surface area contributed by atoms with E-state index < -0.39 is 12.1 Å². The molecule has 5 nitrogen and oxygen atoms in total. The molecular formula is C4H6CaO5. The third-order valence-electron chi connectivity index (χ3n) is 0.302. The minimum atomic E-state index is -2.33. The topological polar surface area (TPSA) is 100 Å². The van der Waals surface area contributed by atoms with E-state index in [0.29, 0.717) is 0 Å². The average molecular weight is 174 g/mol. The van der Waals surface area contributed by atoms with E-state index in [1.165, 1.54) is 0 Å². The zero-order valence-electron chi connectivity index (χ0n) is 5.49. The van der Waals surface area contributed by atoms with Gasteiger partial charge in [-0.25, -0.2) is 0 Å². The summed E-state index contributed by atoms with van der Waals surface area (Å²) in [6.45, 7) is 1.60. The van der Waals surface area contributed by atoms with Crippen LogP contribution in [0.5, 0.6) is 0 Å². The summed E-state index contributed by atoms with van der Waals surface area (Å²) >= 11 is 0. The smallest absolute Gasteiger partial charge is 0.652 e. The Hall–Kier alpha value is -0.000260. The van der Waals surface area contributed by atoms with Gasteiger partial charge in [-0.15, -0.1) is 0 Å². The SMILES string of the molecule is CCC(=O)O.O=C([O-])[O-].[Ca+2]. The summed E-state index contributed by atoms with van der Waals surface area (Å²) < 4.78 is 0. The normalized spacial score (nSPS) is 6.10. The first-order valence-corrected chi connectivity index (χ1v) is 2.10. The summed E-state index contributed by atoms with van der Waals surface area (Å²) in [4.78, 5) is 17.7. The number of aliphatic carboxylic acids is 1. The first-order chi connectivity index (χ1) is 4.00. The van der Waals surface area contributed by atoms with Gasteiger partial charge < -0.3 is 20.1 Å². The van der Waals surface area contributed by atoms with Gasteiger partial charge in [-0.05, 0) is 6.16 Å². The Morgan fingerprint density at radius 3 is 1.50 bits per heavy atom. The molecule has 1 N–H and O–H groups in total. The molecule has 0 atom stereocenters. The summed E-state index contributed by atoms with van der Waals surface area (Å²) in [5.41, 5.74) is 0. The van der Waals surface area contributed by atoms with Crippen molar-refractivity contribution < 1.29 is 24.9 Å². The number of rotatable bonds is 1. The zero-order chi connectivity index (χ0) is 7.86. The van der Waals surface area contributed by atoms with Crippen molar-refractivity contribution in [1.29, 1.82) is 0 Å². The quantitative estimate of drug-likeness (QED) is 0.449. The molecule has 0 aromatic carbocycles. The number of carboxylic acid groups (broad SMARTS) is 3. The Kier molecular flexibility index (Phi) is 19.4. The van der Waals surface area contributed by atoms with Crippen molar-refractivity contribution in [3.05, 3.63) is 0 Å². The Bertz CT molecular complexity index is 97.8. The maximum atomic E-state index is 9.37. The fourth-order valence-electron chi connectivity index (χ4n) is 0. The summed E-state index contributed by atoms with van der Waals surface area (Å²) in [6.07, 6.45) is -2.11. The second kappa shape index (κ2) is 11.8. The second-order valence-electron chi connectivity index (χ2n) is 0.997. The molecule has 0 aliphatic carbocycles. The van der Waals surface area contributed by atoms with Gasteiger partial charge in [0.25, 0.3) is 0 Å². The molecule has 0 amide bonds. The van der Waals surface area contributed by atoms with Crippen LogP contribution < -0.4 is 10.2 Å². The van der Waals surface area contributed by atoms with Crippen LogP contribution in [0.25, 0.3) is 0 Å². The Labute approximate surface area is 87.7 Å². The molecule has 0 rings (SSSR count). The number of carbonyl (C=O) groups excluding carboxylic acids is 1. The predicted molar refractivity (Wildman–Crippen MR) is 29.1 cm³/mol. The van der Waals surface area contributed by atoms with E-state index in [1.807, 2.05) is 0 Å². The van der Waals surface area contributed by atoms with Crippen molar-refractivity contribution in [2.45, 2.75) is 13.3 Å². The summed E-state index contributed by atoms with van der Waals surface area (Å²) in [6, 6.07) is 0. The first-order valence-electron chi connectivity index (χ1n) is 2.10. The fraction of sp³-hybridized carbons (Fsp3) is 0.500. The van der Waals surface area contributed by atoms with Crippen molar-refractivity contribution in [2.24, 2.45) is 0 Å². The van der Waals surface area contributed by atoms with Crippen molar-refractivity contribution in [3.8, 4) is 0 Å². The maximum Gasteiger partial charge on any atom is 2.00 e. The fourth-order valence-corrected chi connectivity index (χ4v) is 0. The van der Waals surface area contributed by atoms with Crippen LogP contribution in [-0.2, 0) is 4.79 Å². The van der Waals surface area contributed by atoms with Crippen LogP contribution >= 0.6 is 0 Å². The van der Waals surface area contributed by atoms with Gasteiger partial charge in [0.15, 0.2) is 0 Å². The third-order valence-corrected chi connectivity index (χ3v) is 0.302. The number of hydrogen-bond donors (Lipinski definition) is 1. The number of carboxylic acids is 1. The van der Waals surface area contributed by atoms with Gasteiger partial charge in [-0.1, -0.05) is 6.92 Å². The van der Waals surface area contributed by atoms with E-state index in [-0.39, 0.29) is 44.2 Å². The summed E-state index contributed by atoms with van der Waals surface area (Å²) in [7, 11) is 0.